The highest BCUT2D eigenvalue weighted by Gasteiger charge is 2.19. The number of thiazole rings is 1. The average Bonchev–Trinajstić information content (AvgIpc) is 2.94. The van der Waals surface area contributed by atoms with Gasteiger partial charge in [-0.15, -0.1) is 11.3 Å². The van der Waals surface area contributed by atoms with E-state index in [1.807, 2.05) is 0 Å². The second-order valence-electron chi connectivity index (χ2n) is 5.31. The maximum absolute atomic E-state index is 13.2. The lowest BCUT2D eigenvalue weighted by molar-refractivity contribution is 0.0954. The Kier molecular flexibility index (Phi) is 4.62. The Morgan fingerprint density at radius 2 is 2.20 bits per heavy atom. The number of nitrogens with one attached hydrogen (secondary N) is 2. The van der Waals surface area contributed by atoms with Crippen molar-refractivity contribution in [1.82, 2.24) is 15.3 Å². The zero-order valence-corrected chi connectivity index (χ0v) is 14.0. The van der Waals surface area contributed by atoms with Crippen LogP contribution in [0.15, 0.2) is 41.3 Å². The van der Waals surface area contributed by atoms with E-state index in [9.17, 15) is 19.1 Å². The summed E-state index contributed by atoms with van der Waals surface area (Å²) in [7, 11) is 0. The number of aromatic nitrogens is 2. The van der Waals surface area contributed by atoms with E-state index in [-0.39, 0.29) is 34.6 Å². The molecule has 0 radical (unpaired) electrons. The molecule has 8 heteroatoms. The minimum Gasteiger partial charge on any atom is -0.507 e. The molecular formula is C17H14FN3O3S. The molecule has 6 nitrogen and oxygen atoms in total. The number of hydrogen-bond acceptors (Lipinski definition) is 5. The zero-order valence-electron chi connectivity index (χ0n) is 13.2. The molecule has 0 atom stereocenters. The van der Waals surface area contributed by atoms with Gasteiger partial charge in [-0.25, -0.2) is 9.37 Å². The number of H-pyrrole nitrogens is 1. The van der Waals surface area contributed by atoms with Crippen molar-refractivity contribution in [2.45, 2.75) is 13.5 Å². The van der Waals surface area contributed by atoms with Gasteiger partial charge in [0, 0.05) is 12.7 Å². The molecule has 0 unspecified atom stereocenters. The average molecular weight is 359 g/mol. The molecule has 0 aliphatic carbocycles. The highest BCUT2D eigenvalue weighted by molar-refractivity contribution is 7.17. The predicted octanol–water partition coefficient (Wildman–Crippen LogP) is 2.58. The molecule has 3 rings (SSSR count). The molecule has 2 heterocycles. The molecule has 25 heavy (non-hydrogen) atoms. The van der Waals surface area contributed by atoms with Crippen LogP contribution in [0.2, 0.25) is 0 Å². The Bertz CT molecular complexity index is 997. The quantitative estimate of drug-likeness (QED) is 0.667. The van der Waals surface area contributed by atoms with Crippen LogP contribution in [0.4, 0.5) is 4.39 Å². The van der Waals surface area contributed by atoms with Crippen molar-refractivity contribution >= 4 is 17.2 Å². The summed E-state index contributed by atoms with van der Waals surface area (Å²) in [6.07, 6.45) is 1.33. The van der Waals surface area contributed by atoms with Crippen molar-refractivity contribution in [1.29, 1.82) is 0 Å². The van der Waals surface area contributed by atoms with E-state index in [0.29, 0.717) is 16.1 Å². The third-order valence-electron chi connectivity index (χ3n) is 3.50. The minimum atomic E-state index is -0.486. The summed E-state index contributed by atoms with van der Waals surface area (Å²) in [5.74, 6) is -0.955. The first-order chi connectivity index (χ1) is 12.0. The molecule has 0 bridgehead atoms. The Labute approximate surface area is 146 Å². The van der Waals surface area contributed by atoms with E-state index in [1.54, 1.807) is 19.1 Å². The molecule has 0 spiro atoms. The molecule has 3 N–H and O–H groups in total. The number of aromatic amines is 1. The second kappa shape index (κ2) is 6.86. The molecule has 3 aromatic rings. The van der Waals surface area contributed by atoms with Crippen molar-refractivity contribution in [2.24, 2.45) is 0 Å². The van der Waals surface area contributed by atoms with E-state index in [0.717, 1.165) is 11.3 Å². The zero-order chi connectivity index (χ0) is 18.0. The Hall–Kier alpha value is -3.00. The lowest BCUT2D eigenvalue weighted by Gasteiger charge is -2.04. The number of amides is 1. The summed E-state index contributed by atoms with van der Waals surface area (Å²) in [6, 6.07) is 7.28. The van der Waals surface area contributed by atoms with E-state index < -0.39 is 5.56 Å². The van der Waals surface area contributed by atoms with Gasteiger partial charge in [-0.05, 0) is 30.7 Å². The van der Waals surface area contributed by atoms with Gasteiger partial charge in [0.25, 0.3) is 11.5 Å². The third-order valence-corrected chi connectivity index (χ3v) is 4.67. The molecule has 0 fully saturated rings. The largest absolute Gasteiger partial charge is 0.507 e. The van der Waals surface area contributed by atoms with E-state index in [1.165, 1.54) is 24.4 Å². The normalized spacial score (nSPS) is 10.6. The van der Waals surface area contributed by atoms with Crippen LogP contribution in [-0.4, -0.2) is 21.0 Å². The number of benzene rings is 1. The molecule has 0 aliphatic rings. The minimum absolute atomic E-state index is 0.0276. The topological polar surface area (TPSA) is 95.1 Å². The van der Waals surface area contributed by atoms with Gasteiger partial charge in [0.2, 0.25) is 0 Å². The van der Waals surface area contributed by atoms with Gasteiger partial charge in [0.05, 0.1) is 5.69 Å². The number of aromatic hydroxyl groups is 1. The molecule has 128 valence electrons. The number of aryl methyl sites for hydroxylation is 1. The standard InChI is InChI=1S/C17H14FN3O3S/c1-9-14(16(24)20-8-10-3-2-4-11(18)7-10)25-17(21-9)13-12(22)5-6-19-15(13)23/h2-7H,8H2,1H3,(H,20,24)(H2,19,22,23). The fourth-order valence-corrected chi connectivity index (χ4v) is 3.33. The molecular weight excluding hydrogens is 345 g/mol. The van der Waals surface area contributed by atoms with E-state index >= 15 is 0 Å². The highest BCUT2D eigenvalue weighted by Crippen LogP contribution is 2.30. The molecule has 1 amide bonds. The number of rotatable bonds is 4. The van der Waals surface area contributed by atoms with Crippen molar-refractivity contribution in [2.75, 3.05) is 0 Å². The van der Waals surface area contributed by atoms with Crippen molar-refractivity contribution in [3.63, 3.8) is 0 Å². The predicted molar refractivity (Wildman–Crippen MR) is 92.1 cm³/mol. The molecule has 1 aromatic carbocycles. The lowest BCUT2D eigenvalue weighted by Crippen LogP contribution is -2.22. The lowest BCUT2D eigenvalue weighted by atomic mass is 10.2. The molecule has 2 aromatic heterocycles. The maximum atomic E-state index is 13.2. The Morgan fingerprint density at radius 1 is 1.40 bits per heavy atom. The van der Waals surface area contributed by atoms with Gasteiger partial charge in [0.1, 0.15) is 27.0 Å². The monoisotopic (exact) mass is 359 g/mol. The summed E-state index contributed by atoms with van der Waals surface area (Å²) < 4.78 is 13.2. The van der Waals surface area contributed by atoms with E-state index in [4.69, 9.17) is 0 Å². The Balaban J connectivity index is 1.83. The van der Waals surface area contributed by atoms with Crippen LogP contribution < -0.4 is 10.9 Å². The second-order valence-corrected chi connectivity index (χ2v) is 6.31. The maximum Gasteiger partial charge on any atom is 0.263 e. The number of hydrogen-bond donors (Lipinski definition) is 3. The van der Waals surface area contributed by atoms with Crippen molar-refractivity contribution in [3.05, 3.63) is 68.8 Å². The summed E-state index contributed by atoms with van der Waals surface area (Å²) in [5.41, 5.74) is 0.618. The van der Waals surface area contributed by atoms with Crippen molar-refractivity contribution in [3.8, 4) is 16.3 Å². The molecule has 0 saturated heterocycles. The SMILES string of the molecule is Cc1nc(-c2c(O)cc[nH]c2=O)sc1C(=O)NCc1cccc(F)c1. The third kappa shape index (κ3) is 3.58. The fourth-order valence-electron chi connectivity index (χ4n) is 2.30. The van der Waals surface area contributed by atoms with Crippen molar-refractivity contribution < 1.29 is 14.3 Å². The van der Waals surface area contributed by atoms with Crippen LogP contribution in [0, 0.1) is 12.7 Å². The fraction of sp³-hybridized carbons (Fsp3) is 0.118. The number of halogens is 1. The molecule has 0 aliphatic heterocycles. The Morgan fingerprint density at radius 3 is 2.92 bits per heavy atom. The number of nitrogens with zero attached hydrogens (tertiary/aromatic N) is 1. The van der Waals surface area contributed by atoms with Gasteiger partial charge in [0.15, 0.2) is 0 Å². The van der Waals surface area contributed by atoms with Crippen LogP contribution >= 0.6 is 11.3 Å². The van der Waals surface area contributed by atoms with Crippen LogP contribution in [0.5, 0.6) is 5.75 Å². The summed E-state index contributed by atoms with van der Waals surface area (Å²) in [4.78, 5) is 31.2. The van der Waals surface area contributed by atoms with Gasteiger partial charge < -0.3 is 15.4 Å². The first kappa shape index (κ1) is 16.8. The van der Waals surface area contributed by atoms with Gasteiger partial charge >= 0.3 is 0 Å². The summed E-state index contributed by atoms with van der Waals surface area (Å²) >= 11 is 1.01. The van der Waals surface area contributed by atoms with Gasteiger partial charge in [-0.2, -0.15) is 0 Å². The smallest absolute Gasteiger partial charge is 0.263 e. The first-order valence-corrected chi connectivity index (χ1v) is 8.18. The number of pyridine rings is 1. The summed E-state index contributed by atoms with van der Waals surface area (Å²) in [6.45, 7) is 1.81. The highest BCUT2D eigenvalue weighted by atomic mass is 32.1. The van der Waals surface area contributed by atoms with Crippen LogP contribution in [0.3, 0.4) is 0 Å². The molecule has 0 saturated carbocycles. The first-order valence-electron chi connectivity index (χ1n) is 7.37. The van der Waals surface area contributed by atoms with Crippen LogP contribution in [-0.2, 0) is 6.54 Å². The summed E-state index contributed by atoms with van der Waals surface area (Å²) in [5, 5.41) is 12.8. The van der Waals surface area contributed by atoms with Crippen LogP contribution in [0.1, 0.15) is 20.9 Å². The van der Waals surface area contributed by atoms with E-state index in [2.05, 4.69) is 15.3 Å². The number of carbonyl (C=O) groups excluding carboxylic acids is 1. The van der Waals surface area contributed by atoms with Gasteiger partial charge in [-0.1, -0.05) is 12.1 Å². The number of carbonyl (C=O) groups is 1. The van der Waals surface area contributed by atoms with Gasteiger partial charge in [-0.3, -0.25) is 9.59 Å². The van der Waals surface area contributed by atoms with Crippen LogP contribution in [0.25, 0.3) is 10.6 Å².